The number of aliphatic hydroxyl groups is 1. The van der Waals surface area contributed by atoms with Crippen molar-refractivity contribution >= 4 is 28.5 Å². The topological polar surface area (TPSA) is 135 Å². The van der Waals surface area contributed by atoms with Crippen LogP contribution in [-0.4, -0.2) is 64.1 Å². The van der Waals surface area contributed by atoms with Gasteiger partial charge < -0.3 is 29.2 Å². The van der Waals surface area contributed by atoms with E-state index in [4.69, 9.17) is 9.15 Å². The van der Waals surface area contributed by atoms with E-state index in [1.54, 1.807) is 12.1 Å². The van der Waals surface area contributed by atoms with E-state index >= 15 is 0 Å². The number of halogens is 2. The molecule has 0 unspecified atom stereocenters. The van der Waals surface area contributed by atoms with Crippen molar-refractivity contribution in [1.82, 2.24) is 20.3 Å². The first-order chi connectivity index (χ1) is 17.4. The molecular formula is C22H22F2N6O5S. The van der Waals surface area contributed by atoms with Crippen molar-refractivity contribution < 1.29 is 32.6 Å². The van der Waals surface area contributed by atoms with Gasteiger partial charge in [0.25, 0.3) is 6.01 Å². The number of alkyl halides is 2. The van der Waals surface area contributed by atoms with Crippen LogP contribution in [0, 0.1) is 0 Å². The average Bonchev–Trinajstić information content (AvgIpc) is 3.22. The summed E-state index contributed by atoms with van der Waals surface area (Å²) in [7, 11) is 0. The highest BCUT2D eigenvalue weighted by atomic mass is 32.1. The van der Waals surface area contributed by atoms with Crippen LogP contribution in [0.2, 0.25) is 0 Å². The summed E-state index contributed by atoms with van der Waals surface area (Å²) in [6, 6.07) is 4.14. The summed E-state index contributed by atoms with van der Waals surface area (Å²) >= 11 is 1.35. The Morgan fingerprint density at radius 2 is 2.19 bits per heavy atom. The molecule has 3 aromatic heterocycles. The molecule has 14 heteroatoms. The minimum absolute atomic E-state index is 0.0860. The lowest BCUT2D eigenvalue weighted by molar-refractivity contribution is -0.0527. The van der Waals surface area contributed by atoms with Gasteiger partial charge in [-0.15, -0.1) is 0 Å². The number of morpholine rings is 1. The van der Waals surface area contributed by atoms with Crippen LogP contribution in [0.1, 0.15) is 29.5 Å². The van der Waals surface area contributed by atoms with E-state index in [0.29, 0.717) is 55.1 Å². The number of hydrogen-bond donors (Lipinski definition) is 3. The minimum atomic E-state index is -2.98. The molecule has 3 N–H and O–H groups in total. The fraction of sp³-hybridized carbons (Fsp3) is 0.455. The zero-order valence-electron chi connectivity index (χ0n) is 18.8. The van der Waals surface area contributed by atoms with E-state index in [2.05, 4.69) is 30.3 Å². The second kappa shape index (κ2) is 8.94. The minimum Gasteiger partial charge on any atom is -0.422 e. The van der Waals surface area contributed by atoms with Crippen LogP contribution in [0.4, 0.5) is 24.7 Å². The van der Waals surface area contributed by atoms with Gasteiger partial charge in [-0.25, -0.2) is 19.7 Å². The Morgan fingerprint density at radius 1 is 1.33 bits per heavy atom. The highest BCUT2D eigenvalue weighted by Gasteiger charge is 2.43. The third-order valence-corrected chi connectivity index (χ3v) is 7.41. The molecule has 0 aromatic carbocycles. The standard InChI is InChI=1S/C22H22F2N6O5S/c23-18(24)35-16-3-1-2-12(27-16)15-7-25-21(34-15)30-11-6-13-17(14(30)9-33-8-11)36-20(28-13)29-19(31)26-10-22(32)4-5-22/h1-3,7,11,14,18,32H,4-6,8-10H2,(H2,26,28,29,31)/t11-,14-/m0/s1. The number of aromatic nitrogens is 3. The molecule has 5 heterocycles. The number of fused-ring (bicyclic) bond motifs is 4. The first kappa shape index (κ1) is 23.1. The highest BCUT2D eigenvalue weighted by molar-refractivity contribution is 7.16. The van der Waals surface area contributed by atoms with Gasteiger partial charge in [-0.1, -0.05) is 17.4 Å². The number of hydrogen-bond acceptors (Lipinski definition) is 10. The summed E-state index contributed by atoms with van der Waals surface area (Å²) in [6.45, 7) is -1.94. The van der Waals surface area contributed by atoms with Crippen LogP contribution < -0.4 is 20.3 Å². The lowest BCUT2D eigenvalue weighted by atomic mass is 9.97. The molecule has 0 radical (unpaired) electrons. The van der Waals surface area contributed by atoms with Gasteiger partial charge in [0.05, 0.1) is 47.7 Å². The number of pyridine rings is 1. The maximum Gasteiger partial charge on any atom is 0.388 e. The maximum absolute atomic E-state index is 12.6. The number of carbonyl (C=O) groups excluding carboxylic acids is 1. The van der Waals surface area contributed by atoms with Crippen LogP contribution >= 0.6 is 11.3 Å². The summed E-state index contributed by atoms with van der Waals surface area (Å²) in [6.07, 6.45) is 3.43. The van der Waals surface area contributed by atoms with Crippen molar-refractivity contribution in [1.29, 1.82) is 0 Å². The fourth-order valence-corrected chi connectivity index (χ4v) is 5.42. The SMILES string of the molecule is O=C(NCC1(O)CC1)Nc1nc2c(s1)[C@@H]1COC[C@H](C2)N1c1ncc(-c2cccc(OC(F)F)n2)o1. The molecule has 1 saturated heterocycles. The van der Waals surface area contributed by atoms with Crippen molar-refractivity contribution in [2.24, 2.45) is 0 Å². The highest BCUT2D eigenvalue weighted by Crippen LogP contribution is 2.43. The molecule has 36 heavy (non-hydrogen) atoms. The summed E-state index contributed by atoms with van der Waals surface area (Å²) in [5.41, 5.74) is 0.420. The number of thiazole rings is 1. The summed E-state index contributed by atoms with van der Waals surface area (Å²) in [5, 5.41) is 15.8. The molecule has 2 amide bonds. The summed E-state index contributed by atoms with van der Waals surface area (Å²) < 4.78 is 41.3. The number of nitrogens with zero attached hydrogens (tertiary/aromatic N) is 4. The van der Waals surface area contributed by atoms with E-state index in [-0.39, 0.29) is 24.5 Å². The number of oxazole rings is 1. The Kier molecular flexibility index (Phi) is 5.73. The normalized spacial score (nSPS) is 21.7. The Morgan fingerprint density at radius 3 is 3.00 bits per heavy atom. The quantitative estimate of drug-likeness (QED) is 0.430. The zero-order valence-corrected chi connectivity index (χ0v) is 19.6. The number of ether oxygens (including phenoxy) is 2. The van der Waals surface area contributed by atoms with Crippen LogP contribution in [0.15, 0.2) is 28.8 Å². The van der Waals surface area contributed by atoms with E-state index in [9.17, 15) is 18.7 Å². The average molecular weight is 521 g/mol. The molecule has 1 saturated carbocycles. The molecule has 1 aliphatic carbocycles. The molecule has 2 atom stereocenters. The van der Waals surface area contributed by atoms with Gasteiger partial charge in [0.2, 0.25) is 5.88 Å². The molecule has 190 valence electrons. The predicted molar refractivity (Wildman–Crippen MR) is 123 cm³/mol. The molecule has 2 bridgehead atoms. The second-order valence-electron chi connectivity index (χ2n) is 8.93. The van der Waals surface area contributed by atoms with Crippen molar-refractivity contribution in [3.63, 3.8) is 0 Å². The van der Waals surface area contributed by atoms with Crippen molar-refractivity contribution in [2.75, 3.05) is 30.0 Å². The van der Waals surface area contributed by atoms with Crippen LogP contribution in [-0.2, 0) is 11.2 Å². The fourth-order valence-electron chi connectivity index (χ4n) is 4.35. The van der Waals surface area contributed by atoms with E-state index in [1.807, 2.05) is 4.90 Å². The van der Waals surface area contributed by atoms with Gasteiger partial charge in [-0.05, 0) is 18.9 Å². The van der Waals surface area contributed by atoms with E-state index in [0.717, 1.165) is 10.6 Å². The Balaban J connectivity index is 1.20. The molecule has 2 aliphatic heterocycles. The number of nitrogens with one attached hydrogen (secondary N) is 2. The van der Waals surface area contributed by atoms with Gasteiger partial charge in [0, 0.05) is 19.0 Å². The lowest BCUT2D eigenvalue weighted by Gasteiger charge is -2.43. The third kappa shape index (κ3) is 4.58. The van der Waals surface area contributed by atoms with Gasteiger partial charge >= 0.3 is 12.6 Å². The number of amides is 2. The largest absolute Gasteiger partial charge is 0.422 e. The second-order valence-corrected chi connectivity index (χ2v) is 9.96. The molecular weight excluding hydrogens is 498 g/mol. The van der Waals surface area contributed by atoms with Crippen molar-refractivity contribution in [3.05, 3.63) is 35.0 Å². The molecule has 6 rings (SSSR count). The maximum atomic E-state index is 12.6. The predicted octanol–water partition coefficient (Wildman–Crippen LogP) is 2.94. The van der Waals surface area contributed by atoms with Crippen LogP contribution in [0.25, 0.3) is 11.5 Å². The van der Waals surface area contributed by atoms with E-state index < -0.39 is 18.2 Å². The lowest BCUT2D eigenvalue weighted by Crippen LogP contribution is -2.51. The number of anilines is 2. The number of carbonyl (C=O) groups is 1. The Hall–Kier alpha value is -3.36. The van der Waals surface area contributed by atoms with Gasteiger partial charge in [0.1, 0.15) is 5.69 Å². The van der Waals surface area contributed by atoms with Crippen LogP contribution in [0.3, 0.4) is 0 Å². The molecule has 2 fully saturated rings. The molecule has 0 spiro atoms. The molecule has 3 aromatic rings. The monoisotopic (exact) mass is 520 g/mol. The molecule has 3 aliphatic rings. The van der Waals surface area contributed by atoms with Gasteiger partial charge in [-0.3, -0.25) is 5.32 Å². The summed E-state index contributed by atoms with van der Waals surface area (Å²) in [5.74, 6) is 0.100. The summed E-state index contributed by atoms with van der Waals surface area (Å²) in [4.78, 5) is 28.3. The van der Waals surface area contributed by atoms with Crippen molar-refractivity contribution in [3.8, 4) is 17.3 Å². The first-order valence-corrected chi connectivity index (χ1v) is 12.2. The first-order valence-electron chi connectivity index (χ1n) is 11.4. The number of rotatable bonds is 7. The third-order valence-electron chi connectivity index (χ3n) is 6.30. The van der Waals surface area contributed by atoms with Crippen LogP contribution in [0.5, 0.6) is 5.88 Å². The Bertz CT molecular complexity index is 1280. The zero-order chi connectivity index (χ0) is 24.9. The Labute approximate surface area is 207 Å². The van der Waals surface area contributed by atoms with Gasteiger partial charge in [-0.2, -0.15) is 8.78 Å². The van der Waals surface area contributed by atoms with E-state index in [1.165, 1.54) is 23.6 Å². The number of urea groups is 1. The smallest absolute Gasteiger partial charge is 0.388 e. The molecule has 11 nitrogen and oxygen atoms in total. The van der Waals surface area contributed by atoms with Crippen molar-refractivity contribution in [2.45, 2.75) is 43.6 Å². The van der Waals surface area contributed by atoms with Gasteiger partial charge in [0.15, 0.2) is 10.9 Å².